The molecule has 2 aromatic rings. The van der Waals surface area contributed by atoms with Gasteiger partial charge in [0.15, 0.2) is 11.7 Å². The minimum Gasteiger partial charge on any atom is -0.440 e. The summed E-state index contributed by atoms with van der Waals surface area (Å²) in [4.78, 5) is 6.71. The molecule has 4 nitrogen and oxygen atoms in total. The number of thiophene rings is 1. The van der Waals surface area contributed by atoms with Gasteiger partial charge in [0, 0.05) is 31.5 Å². The Balaban J connectivity index is 1.83. The van der Waals surface area contributed by atoms with Crippen LogP contribution >= 0.6 is 11.3 Å². The summed E-state index contributed by atoms with van der Waals surface area (Å²) in [5.41, 5.74) is 0. The number of hydrogen-bond donors (Lipinski definition) is 1. The summed E-state index contributed by atoms with van der Waals surface area (Å²) in [5.74, 6) is 1.64. The van der Waals surface area contributed by atoms with Crippen LogP contribution in [0.4, 0.5) is 0 Å². The van der Waals surface area contributed by atoms with Crippen LogP contribution in [0.1, 0.15) is 10.8 Å². The van der Waals surface area contributed by atoms with Crippen molar-refractivity contribution in [2.24, 2.45) is 0 Å². The van der Waals surface area contributed by atoms with E-state index in [1.165, 1.54) is 4.88 Å². The van der Waals surface area contributed by atoms with Crippen molar-refractivity contribution in [1.29, 1.82) is 0 Å². The summed E-state index contributed by atoms with van der Waals surface area (Å²) in [6.45, 7) is 4.53. The zero-order valence-electron chi connectivity index (χ0n) is 10.7. The zero-order valence-corrected chi connectivity index (χ0v) is 11.5. The fourth-order valence-corrected chi connectivity index (χ4v) is 2.42. The number of hydrogen-bond acceptors (Lipinski definition) is 5. The first kappa shape index (κ1) is 13.3. The molecule has 0 fully saturated rings. The van der Waals surface area contributed by atoms with Crippen LogP contribution in [-0.2, 0) is 11.2 Å². The van der Waals surface area contributed by atoms with Crippen LogP contribution in [0.2, 0.25) is 0 Å². The fourth-order valence-electron chi connectivity index (χ4n) is 1.60. The Morgan fingerprint density at radius 1 is 1.39 bits per heavy atom. The summed E-state index contributed by atoms with van der Waals surface area (Å²) in [5, 5.41) is 3.27. The summed E-state index contributed by atoms with van der Waals surface area (Å²) in [6.07, 6.45) is 2.60. The van der Waals surface area contributed by atoms with Crippen molar-refractivity contribution in [3.63, 3.8) is 0 Å². The van der Waals surface area contributed by atoms with Crippen LogP contribution in [0.25, 0.3) is 10.6 Å². The van der Waals surface area contributed by atoms with Gasteiger partial charge in [0.25, 0.3) is 0 Å². The van der Waals surface area contributed by atoms with Crippen LogP contribution in [0.5, 0.6) is 0 Å². The molecule has 98 valence electrons. The monoisotopic (exact) mass is 266 g/mol. The fraction of sp³-hybridized carbons (Fsp3) is 0.462. The summed E-state index contributed by atoms with van der Waals surface area (Å²) >= 11 is 1.72. The van der Waals surface area contributed by atoms with E-state index in [1.54, 1.807) is 24.6 Å². The second kappa shape index (κ2) is 6.68. The molecule has 0 radical (unpaired) electrons. The van der Waals surface area contributed by atoms with E-state index in [9.17, 15) is 0 Å². The molecule has 0 aliphatic carbocycles. The van der Waals surface area contributed by atoms with Gasteiger partial charge in [-0.25, -0.2) is 4.98 Å². The largest absolute Gasteiger partial charge is 0.440 e. The van der Waals surface area contributed by atoms with E-state index in [4.69, 9.17) is 9.15 Å². The molecule has 1 N–H and O–H groups in total. The van der Waals surface area contributed by atoms with Crippen molar-refractivity contribution in [3.8, 4) is 10.6 Å². The third-order valence-electron chi connectivity index (χ3n) is 2.54. The highest BCUT2D eigenvalue weighted by molar-refractivity contribution is 7.15. The molecular formula is C13H18N2O2S. The van der Waals surface area contributed by atoms with Gasteiger partial charge in [-0.15, -0.1) is 11.3 Å². The molecule has 2 heterocycles. The van der Waals surface area contributed by atoms with Gasteiger partial charge in [-0.3, -0.25) is 0 Å². The van der Waals surface area contributed by atoms with Crippen LogP contribution in [0, 0.1) is 6.92 Å². The Bertz CT molecular complexity index is 479. The molecule has 0 aliphatic rings. The summed E-state index contributed by atoms with van der Waals surface area (Å²) in [6, 6.07) is 4.16. The number of aromatic nitrogens is 1. The number of rotatable bonds is 7. The van der Waals surface area contributed by atoms with Gasteiger partial charge in [-0.2, -0.15) is 0 Å². The van der Waals surface area contributed by atoms with Crippen LogP contribution < -0.4 is 5.32 Å². The van der Waals surface area contributed by atoms with E-state index in [0.29, 0.717) is 0 Å². The van der Waals surface area contributed by atoms with Crippen molar-refractivity contribution in [3.05, 3.63) is 29.1 Å². The van der Waals surface area contributed by atoms with Crippen molar-refractivity contribution in [2.45, 2.75) is 13.3 Å². The molecule has 0 unspecified atom stereocenters. The molecular weight excluding hydrogens is 248 g/mol. The first-order chi connectivity index (χ1) is 8.79. The Hall–Kier alpha value is -1.17. The number of oxazole rings is 1. The minimum atomic E-state index is 0.727. The van der Waals surface area contributed by atoms with Crippen LogP contribution in [-0.4, -0.2) is 31.8 Å². The lowest BCUT2D eigenvalue weighted by molar-refractivity contribution is 0.199. The number of nitrogens with zero attached hydrogens (tertiary/aromatic N) is 1. The molecule has 2 rings (SSSR count). The molecule has 0 spiro atoms. The summed E-state index contributed by atoms with van der Waals surface area (Å²) in [7, 11) is 1.70. The number of methoxy groups -OCH3 is 1. The highest BCUT2D eigenvalue weighted by Crippen LogP contribution is 2.28. The molecule has 0 aromatic carbocycles. The zero-order chi connectivity index (χ0) is 12.8. The maximum Gasteiger partial charge on any atom is 0.196 e. The van der Waals surface area contributed by atoms with Gasteiger partial charge in [0.2, 0.25) is 0 Å². The van der Waals surface area contributed by atoms with Crippen LogP contribution in [0.3, 0.4) is 0 Å². The standard InChI is InChI=1S/C13H18N2O2S/c1-10-3-4-12(18-10)11-9-15-13(17-11)5-6-14-7-8-16-2/h3-4,9,14H,5-8H2,1-2H3. The van der Waals surface area contributed by atoms with Crippen molar-refractivity contribution < 1.29 is 9.15 Å². The van der Waals surface area contributed by atoms with E-state index in [2.05, 4.69) is 29.4 Å². The molecule has 2 aromatic heterocycles. The Labute approximate surface area is 111 Å². The van der Waals surface area contributed by atoms with Crippen molar-refractivity contribution >= 4 is 11.3 Å². The van der Waals surface area contributed by atoms with Crippen LogP contribution in [0.15, 0.2) is 22.7 Å². The average Bonchev–Trinajstić information content (AvgIpc) is 2.97. The van der Waals surface area contributed by atoms with Gasteiger partial charge in [0.1, 0.15) is 0 Å². The second-order valence-corrected chi connectivity index (χ2v) is 5.31. The van der Waals surface area contributed by atoms with E-state index in [1.807, 2.05) is 0 Å². The predicted octanol–water partition coefficient (Wildman–Crippen LogP) is 2.49. The molecule has 0 saturated heterocycles. The number of ether oxygens (including phenoxy) is 1. The lowest BCUT2D eigenvalue weighted by Gasteiger charge is -2.00. The maximum atomic E-state index is 5.72. The quantitative estimate of drug-likeness (QED) is 0.782. The SMILES string of the molecule is COCCNCCc1ncc(-c2ccc(C)s2)o1. The first-order valence-electron chi connectivity index (χ1n) is 6.01. The Morgan fingerprint density at radius 2 is 2.28 bits per heavy atom. The third-order valence-corrected chi connectivity index (χ3v) is 3.55. The molecule has 0 atom stereocenters. The molecule has 5 heteroatoms. The molecule has 0 amide bonds. The lowest BCUT2D eigenvalue weighted by atomic mass is 10.4. The third kappa shape index (κ3) is 3.66. The smallest absolute Gasteiger partial charge is 0.196 e. The number of nitrogens with one attached hydrogen (secondary N) is 1. The predicted molar refractivity (Wildman–Crippen MR) is 73.0 cm³/mol. The van der Waals surface area contributed by atoms with Crippen molar-refractivity contribution in [1.82, 2.24) is 10.3 Å². The van der Waals surface area contributed by atoms with E-state index in [-0.39, 0.29) is 0 Å². The number of aryl methyl sites for hydroxylation is 1. The maximum absolute atomic E-state index is 5.72. The minimum absolute atomic E-state index is 0.727. The average molecular weight is 266 g/mol. The topological polar surface area (TPSA) is 47.3 Å². The molecule has 18 heavy (non-hydrogen) atoms. The van der Waals surface area contributed by atoms with Gasteiger partial charge in [0.05, 0.1) is 17.7 Å². The van der Waals surface area contributed by atoms with Gasteiger partial charge < -0.3 is 14.5 Å². The second-order valence-electron chi connectivity index (χ2n) is 4.02. The van der Waals surface area contributed by atoms with Crippen molar-refractivity contribution in [2.75, 3.05) is 26.8 Å². The van der Waals surface area contributed by atoms with Gasteiger partial charge >= 0.3 is 0 Å². The van der Waals surface area contributed by atoms with Gasteiger partial charge in [-0.05, 0) is 19.1 Å². The lowest BCUT2D eigenvalue weighted by Crippen LogP contribution is -2.21. The highest BCUT2D eigenvalue weighted by atomic mass is 32.1. The van der Waals surface area contributed by atoms with E-state index >= 15 is 0 Å². The normalized spacial score (nSPS) is 11.0. The molecule has 0 aliphatic heterocycles. The van der Waals surface area contributed by atoms with Gasteiger partial charge in [-0.1, -0.05) is 0 Å². The Kier molecular flexibility index (Phi) is 4.92. The Morgan fingerprint density at radius 3 is 3.00 bits per heavy atom. The van der Waals surface area contributed by atoms with E-state index in [0.717, 1.165) is 42.6 Å². The van der Waals surface area contributed by atoms with E-state index < -0.39 is 0 Å². The molecule has 0 saturated carbocycles. The molecule has 0 bridgehead atoms. The summed E-state index contributed by atoms with van der Waals surface area (Å²) < 4.78 is 10.7. The first-order valence-corrected chi connectivity index (χ1v) is 6.82. The highest BCUT2D eigenvalue weighted by Gasteiger charge is 2.07.